The predicted molar refractivity (Wildman–Crippen MR) is 223 cm³/mol. The van der Waals surface area contributed by atoms with Gasteiger partial charge in [0.15, 0.2) is 5.60 Å². The molecule has 3 fully saturated rings. The van der Waals surface area contributed by atoms with Crippen molar-refractivity contribution in [1.82, 2.24) is 20.1 Å². The first-order valence-electron chi connectivity index (χ1n) is 21.0. The summed E-state index contributed by atoms with van der Waals surface area (Å²) in [4.78, 5) is 25.8. The molecule has 3 aromatic rings. The zero-order valence-corrected chi connectivity index (χ0v) is 34.8. The number of nitrogens with zero attached hydrogens (tertiary/aromatic N) is 3. The topological polar surface area (TPSA) is 115 Å². The van der Waals surface area contributed by atoms with E-state index in [9.17, 15) is 20.1 Å². The highest BCUT2D eigenvalue weighted by molar-refractivity contribution is 7.17. The van der Waals surface area contributed by atoms with Gasteiger partial charge in [0.2, 0.25) is 0 Å². The highest BCUT2D eigenvalue weighted by Gasteiger charge is 2.78. The van der Waals surface area contributed by atoms with E-state index in [-0.39, 0.29) is 11.7 Å². The van der Waals surface area contributed by atoms with Gasteiger partial charge in [-0.2, -0.15) is 0 Å². The third-order valence-electron chi connectivity index (χ3n) is 15.6. The second-order valence-electron chi connectivity index (χ2n) is 18.9. The molecule has 2 bridgehead atoms. The lowest BCUT2D eigenvalue weighted by Gasteiger charge is -2.63. The van der Waals surface area contributed by atoms with Crippen molar-refractivity contribution < 1.29 is 20.1 Å². The molecule has 5 aliphatic heterocycles. The first-order chi connectivity index (χ1) is 26.2. The minimum Gasteiger partial charge on any atom is -0.389 e. The van der Waals surface area contributed by atoms with Gasteiger partial charge in [0.25, 0.3) is 5.91 Å². The molecule has 12 atom stereocenters. The van der Waals surface area contributed by atoms with Crippen LogP contribution in [-0.2, 0) is 22.0 Å². The van der Waals surface area contributed by atoms with Crippen molar-refractivity contribution in [1.29, 1.82) is 0 Å². The Balaban J connectivity index is 1.28. The van der Waals surface area contributed by atoms with Gasteiger partial charge in [-0.25, -0.2) is 0 Å². The fourth-order valence-corrected chi connectivity index (χ4v) is 13.5. The van der Waals surface area contributed by atoms with Gasteiger partial charge >= 0.3 is 0 Å². The molecule has 2 aromatic carbocycles. The average Bonchev–Trinajstić information content (AvgIpc) is 3.82. The average molecular weight is 768 g/mol. The minimum absolute atomic E-state index is 0.0913. The van der Waals surface area contributed by atoms with Gasteiger partial charge in [0.05, 0.1) is 11.6 Å². The van der Waals surface area contributed by atoms with Crippen LogP contribution >= 0.6 is 9.24 Å². The Labute approximate surface area is 329 Å². The predicted octanol–water partition coefficient (Wildman–Crippen LogP) is 4.77. The number of H-pyrrole nitrogens is 1. The maximum absolute atomic E-state index is 14.6. The molecule has 9 nitrogen and oxygen atoms in total. The third kappa shape index (κ3) is 5.08. The monoisotopic (exact) mass is 767 g/mol. The Bertz CT molecular complexity index is 2070. The molecule has 10 heteroatoms. The molecule has 296 valence electrons. The molecule has 2 saturated heterocycles. The zero-order chi connectivity index (χ0) is 38.9. The molecule has 6 unspecified atom stereocenters. The van der Waals surface area contributed by atoms with Gasteiger partial charge in [0.1, 0.15) is 6.10 Å². The van der Waals surface area contributed by atoms with Gasteiger partial charge in [-0.3, -0.25) is 14.6 Å². The van der Waals surface area contributed by atoms with Gasteiger partial charge in [-0.15, -0.1) is 9.24 Å². The van der Waals surface area contributed by atoms with E-state index in [0.717, 1.165) is 69.5 Å². The normalized spacial score (nSPS) is 39.7. The molecule has 1 aliphatic carbocycles. The third-order valence-corrected chi connectivity index (χ3v) is 15.9. The van der Waals surface area contributed by atoms with Crippen molar-refractivity contribution in [2.24, 2.45) is 11.3 Å². The Kier molecular flexibility index (Phi) is 8.83. The number of benzene rings is 2. The number of aliphatic hydroxyl groups is 3. The van der Waals surface area contributed by atoms with Gasteiger partial charge in [0, 0.05) is 84.3 Å². The summed E-state index contributed by atoms with van der Waals surface area (Å²) in [5.74, 6) is -0.201. The molecule has 9 rings (SSSR count). The lowest BCUT2D eigenvalue weighted by Crippen LogP contribution is -2.81. The summed E-state index contributed by atoms with van der Waals surface area (Å²) in [7, 11) is 4.76. The number of fused-ring (bicyclic) bond motifs is 6. The molecule has 5 N–H and O–H groups in total. The van der Waals surface area contributed by atoms with Crippen molar-refractivity contribution in [3.63, 3.8) is 0 Å². The number of anilines is 1. The van der Waals surface area contributed by atoms with Crippen molar-refractivity contribution in [3.8, 4) is 0 Å². The van der Waals surface area contributed by atoms with Crippen LogP contribution in [0.3, 0.4) is 0 Å². The maximum Gasteiger partial charge on any atom is 0.256 e. The van der Waals surface area contributed by atoms with E-state index in [2.05, 4.69) is 110 Å². The second kappa shape index (κ2) is 12.9. The van der Waals surface area contributed by atoms with Crippen molar-refractivity contribution in [2.45, 2.75) is 119 Å². The molecule has 0 radical (unpaired) electrons. The van der Waals surface area contributed by atoms with E-state index >= 15 is 0 Å². The van der Waals surface area contributed by atoms with Crippen LogP contribution in [0.25, 0.3) is 10.9 Å². The van der Waals surface area contributed by atoms with Crippen LogP contribution in [0.5, 0.6) is 0 Å². The van der Waals surface area contributed by atoms with Crippen LogP contribution in [0.4, 0.5) is 5.69 Å². The van der Waals surface area contributed by atoms with Crippen LogP contribution in [0.2, 0.25) is 0 Å². The number of hydrogen-bond donors (Lipinski definition) is 5. The highest BCUT2D eigenvalue weighted by Crippen LogP contribution is 2.67. The van der Waals surface area contributed by atoms with Crippen LogP contribution < -0.4 is 10.2 Å². The number of hydrogen-bond acceptors (Lipinski definition) is 7. The van der Waals surface area contributed by atoms with E-state index in [1.54, 1.807) is 0 Å². The first-order valence-corrected chi connectivity index (χ1v) is 21.6. The van der Waals surface area contributed by atoms with E-state index in [0.29, 0.717) is 25.4 Å². The SMILES string of the molecule is CCC1(O)CC2C[N@](CCc3c([nH]c4ccccc34)[C@@](C)(c3cc4c(cc3C)N(C)C3[C@]45CCN4CC=C[C@](CC)(C45)[C@@H](O)[C@]3(O)C(=O)NCC(C)P)C2)C1. The number of aromatic nitrogens is 1. The summed E-state index contributed by atoms with van der Waals surface area (Å²) in [5, 5.41) is 42.1. The summed E-state index contributed by atoms with van der Waals surface area (Å²) < 4.78 is 0. The van der Waals surface area contributed by atoms with E-state index in [1.165, 1.54) is 33.3 Å². The molecule has 1 aromatic heterocycles. The molecule has 6 heterocycles. The van der Waals surface area contributed by atoms with Crippen LogP contribution in [0, 0.1) is 18.3 Å². The fourth-order valence-electron chi connectivity index (χ4n) is 13.4. The molecule has 1 saturated carbocycles. The van der Waals surface area contributed by atoms with Crippen LogP contribution in [0.1, 0.15) is 87.7 Å². The number of nitrogens with one attached hydrogen (secondary N) is 2. The Hall–Kier alpha value is -2.78. The maximum atomic E-state index is 14.6. The van der Waals surface area contributed by atoms with Gasteiger partial charge in [-0.05, 0) is 105 Å². The summed E-state index contributed by atoms with van der Waals surface area (Å²) in [6, 6.07) is 12.8. The molecule has 55 heavy (non-hydrogen) atoms. The molecule has 1 spiro atoms. The molecule has 6 aliphatic rings. The molecular weight excluding hydrogens is 706 g/mol. The van der Waals surface area contributed by atoms with E-state index in [1.807, 2.05) is 14.0 Å². The molecular formula is C45H62N5O4P. The number of carbonyl (C=O) groups excluding carboxylic acids is 1. The zero-order valence-electron chi connectivity index (χ0n) is 33.7. The summed E-state index contributed by atoms with van der Waals surface area (Å²) in [5.41, 5.74) is 3.95. The Morgan fingerprint density at radius 3 is 2.62 bits per heavy atom. The van der Waals surface area contributed by atoms with Crippen molar-refractivity contribution in [3.05, 3.63) is 76.5 Å². The number of likely N-dealkylation sites (N-methyl/N-ethyl adjacent to an activating group) is 1. The standard InChI is InChI=1S/C45H62N5O4P/c1-7-42(53)23-29-22-41(5,36-31(14-18-49(25-29)26-42)30-12-9-10-13-34(30)47-36)32-21-33-35(20-27(32)3)48(6)38-44(33)16-19-50-17-11-15-43(8-2,37(44)50)39(51)45(38,54)40(52)46-24-28(4)55/h9-13,15,20-21,28-29,37-39,47,51,53-54H,7-8,14,16-19,22-26,55H2,1-6H3,(H,46,52)/t28?,29?,37?,38?,39-,41-,42?,43-,44-,45+/m1/s1. The Morgan fingerprint density at radius 1 is 1.09 bits per heavy atom. The van der Waals surface area contributed by atoms with Crippen LogP contribution in [-0.4, -0.2) is 117 Å². The number of aliphatic hydroxyl groups excluding tert-OH is 1. The number of piperidine rings is 1. The number of rotatable bonds is 6. The number of carbonyl (C=O) groups is 1. The number of amides is 1. The Morgan fingerprint density at radius 2 is 1.87 bits per heavy atom. The van der Waals surface area contributed by atoms with Crippen LogP contribution in [0.15, 0.2) is 48.6 Å². The fraction of sp³-hybridized carbons (Fsp3) is 0.622. The first kappa shape index (κ1) is 37.8. The second-order valence-corrected chi connectivity index (χ2v) is 20.0. The minimum atomic E-state index is -2.06. The largest absolute Gasteiger partial charge is 0.389 e. The number of aryl methyl sites for hydroxylation is 1. The lowest BCUT2D eigenvalue weighted by molar-refractivity contribution is -0.203. The lowest BCUT2D eigenvalue weighted by atomic mass is 9.47. The van der Waals surface area contributed by atoms with Crippen molar-refractivity contribution in [2.75, 3.05) is 51.2 Å². The van der Waals surface area contributed by atoms with E-state index < -0.39 is 45.5 Å². The summed E-state index contributed by atoms with van der Waals surface area (Å²) in [6.45, 7) is 15.5. The van der Waals surface area contributed by atoms with Gasteiger partial charge < -0.3 is 30.5 Å². The van der Waals surface area contributed by atoms with E-state index in [4.69, 9.17) is 0 Å². The summed E-state index contributed by atoms with van der Waals surface area (Å²) >= 11 is 0. The summed E-state index contributed by atoms with van der Waals surface area (Å²) in [6.07, 6.45) is 7.67. The number of para-hydroxylation sites is 1. The smallest absolute Gasteiger partial charge is 0.256 e. The highest BCUT2D eigenvalue weighted by atomic mass is 31.0. The number of aromatic amines is 1. The quantitative estimate of drug-likeness (QED) is 0.182. The molecule has 1 amide bonds. The van der Waals surface area contributed by atoms with Crippen molar-refractivity contribution >= 4 is 31.7 Å². The van der Waals surface area contributed by atoms with Gasteiger partial charge in [-0.1, -0.05) is 57.2 Å².